The molecule has 0 spiro atoms. The fourth-order valence-corrected chi connectivity index (χ4v) is 3.13. The molecular formula is C18H20FN. The van der Waals surface area contributed by atoms with E-state index >= 15 is 0 Å². The Morgan fingerprint density at radius 3 is 2.70 bits per heavy atom. The fraction of sp³-hybridized carbons (Fsp3) is 0.333. The van der Waals surface area contributed by atoms with Gasteiger partial charge in [-0.2, -0.15) is 0 Å². The molecule has 2 N–H and O–H groups in total. The first-order chi connectivity index (χ1) is 9.76. The maximum absolute atomic E-state index is 13.3. The third-order valence-electron chi connectivity index (χ3n) is 4.25. The molecule has 104 valence electrons. The van der Waals surface area contributed by atoms with Crippen molar-refractivity contribution in [3.8, 4) is 0 Å². The van der Waals surface area contributed by atoms with Gasteiger partial charge in [0.25, 0.3) is 0 Å². The monoisotopic (exact) mass is 269 g/mol. The predicted molar refractivity (Wildman–Crippen MR) is 80.4 cm³/mol. The van der Waals surface area contributed by atoms with E-state index < -0.39 is 0 Å². The van der Waals surface area contributed by atoms with Crippen LogP contribution in [-0.2, 0) is 19.3 Å². The second kappa shape index (κ2) is 5.76. The number of halogens is 1. The first-order valence-electron chi connectivity index (χ1n) is 7.32. The molecule has 2 aromatic carbocycles. The van der Waals surface area contributed by atoms with Crippen LogP contribution in [0.1, 0.15) is 34.6 Å². The van der Waals surface area contributed by atoms with Crippen LogP contribution in [0.5, 0.6) is 0 Å². The molecule has 0 bridgehead atoms. The maximum Gasteiger partial charge on any atom is 0.123 e. The van der Waals surface area contributed by atoms with Gasteiger partial charge < -0.3 is 5.73 Å². The Morgan fingerprint density at radius 1 is 1.05 bits per heavy atom. The lowest BCUT2D eigenvalue weighted by Crippen LogP contribution is -2.15. The van der Waals surface area contributed by atoms with Gasteiger partial charge in [-0.1, -0.05) is 30.3 Å². The molecule has 2 aromatic rings. The second-order valence-corrected chi connectivity index (χ2v) is 5.65. The van der Waals surface area contributed by atoms with Crippen LogP contribution in [0.25, 0.3) is 0 Å². The summed E-state index contributed by atoms with van der Waals surface area (Å²) in [6.45, 7) is 0.542. The number of hydrogen-bond donors (Lipinski definition) is 1. The molecule has 0 amide bonds. The van der Waals surface area contributed by atoms with Crippen LogP contribution in [-0.4, -0.2) is 6.54 Å². The van der Waals surface area contributed by atoms with Gasteiger partial charge in [-0.15, -0.1) is 0 Å². The van der Waals surface area contributed by atoms with E-state index in [2.05, 4.69) is 18.2 Å². The van der Waals surface area contributed by atoms with Crippen molar-refractivity contribution in [3.05, 3.63) is 70.5 Å². The minimum Gasteiger partial charge on any atom is -0.330 e. The van der Waals surface area contributed by atoms with Crippen molar-refractivity contribution in [1.82, 2.24) is 0 Å². The third kappa shape index (κ3) is 2.75. The molecule has 1 unspecified atom stereocenters. The normalized spacial score (nSPS) is 15.1. The highest BCUT2D eigenvalue weighted by atomic mass is 19.1. The summed E-state index contributed by atoms with van der Waals surface area (Å²) in [6.07, 6.45) is 4.55. The Balaban J connectivity index is 1.81. The molecule has 20 heavy (non-hydrogen) atoms. The van der Waals surface area contributed by atoms with Crippen LogP contribution < -0.4 is 5.73 Å². The number of rotatable bonds is 4. The van der Waals surface area contributed by atoms with Crippen molar-refractivity contribution in [2.75, 3.05) is 6.54 Å². The number of fused-ring (bicyclic) bond motifs is 1. The standard InChI is InChI=1S/C18H20FN/c19-18-6-2-5-16(11-18)17(12-20)10-13-7-8-14-3-1-4-15(14)9-13/h2,5-9,11,17H,1,3-4,10,12,20H2. The lowest BCUT2D eigenvalue weighted by molar-refractivity contribution is 0.616. The fourth-order valence-electron chi connectivity index (χ4n) is 3.13. The summed E-state index contributed by atoms with van der Waals surface area (Å²) in [5.74, 6) is 0.0000522. The highest BCUT2D eigenvalue weighted by molar-refractivity contribution is 5.36. The molecule has 0 aliphatic heterocycles. The van der Waals surface area contributed by atoms with Gasteiger partial charge in [0.05, 0.1) is 0 Å². The molecule has 0 fully saturated rings. The molecule has 0 aromatic heterocycles. The Morgan fingerprint density at radius 2 is 1.90 bits per heavy atom. The van der Waals surface area contributed by atoms with Crippen molar-refractivity contribution in [1.29, 1.82) is 0 Å². The number of hydrogen-bond acceptors (Lipinski definition) is 1. The largest absolute Gasteiger partial charge is 0.330 e. The summed E-state index contributed by atoms with van der Waals surface area (Å²) in [5, 5.41) is 0. The average molecular weight is 269 g/mol. The molecule has 0 heterocycles. The molecule has 0 radical (unpaired) electrons. The molecule has 0 saturated heterocycles. The van der Waals surface area contributed by atoms with E-state index in [0.717, 1.165) is 12.0 Å². The highest BCUT2D eigenvalue weighted by Crippen LogP contribution is 2.26. The Kier molecular flexibility index (Phi) is 3.83. The molecule has 1 aliphatic carbocycles. The minimum absolute atomic E-state index is 0.185. The molecule has 2 heteroatoms. The van der Waals surface area contributed by atoms with Crippen molar-refractivity contribution in [2.45, 2.75) is 31.6 Å². The molecule has 1 atom stereocenters. The average Bonchev–Trinajstić information content (AvgIpc) is 2.92. The van der Waals surface area contributed by atoms with Gasteiger partial charge in [0, 0.05) is 5.92 Å². The molecule has 0 saturated carbocycles. The van der Waals surface area contributed by atoms with Gasteiger partial charge in [0.1, 0.15) is 5.82 Å². The lowest BCUT2D eigenvalue weighted by atomic mass is 9.91. The number of benzene rings is 2. The van der Waals surface area contributed by atoms with Crippen LogP contribution in [0.4, 0.5) is 4.39 Å². The summed E-state index contributed by atoms with van der Waals surface area (Å²) in [5.41, 5.74) is 11.2. The van der Waals surface area contributed by atoms with Gasteiger partial charge >= 0.3 is 0 Å². The molecule has 1 aliphatic rings. The molecule has 3 rings (SSSR count). The van der Waals surface area contributed by atoms with Crippen LogP contribution in [0, 0.1) is 5.82 Å². The van der Waals surface area contributed by atoms with Gasteiger partial charge in [0.15, 0.2) is 0 Å². The maximum atomic E-state index is 13.3. The molecular weight excluding hydrogens is 249 g/mol. The third-order valence-corrected chi connectivity index (χ3v) is 4.25. The van der Waals surface area contributed by atoms with Gasteiger partial charge in [0.2, 0.25) is 0 Å². The van der Waals surface area contributed by atoms with E-state index in [1.165, 1.54) is 42.0 Å². The zero-order valence-corrected chi connectivity index (χ0v) is 11.6. The Bertz CT molecular complexity index is 606. The van der Waals surface area contributed by atoms with Gasteiger partial charge in [-0.3, -0.25) is 0 Å². The van der Waals surface area contributed by atoms with E-state index in [1.807, 2.05) is 6.07 Å². The summed E-state index contributed by atoms with van der Waals surface area (Å²) in [6, 6.07) is 13.6. The van der Waals surface area contributed by atoms with Crippen molar-refractivity contribution in [2.24, 2.45) is 5.73 Å². The van der Waals surface area contributed by atoms with E-state index in [0.29, 0.717) is 6.54 Å². The number of nitrogens with two attached hydrogens (primary N) is 1. The highest BCUT2D eigenvalue weighted by Gasteiger charge is 2.14. The molecule has 1 nitrogen and oxygen atoms in total. The summed E-state index contributed by atoms with van der Waals surface area (Å²) >= 11 is 0. The summed E-state index contributed by atoms with van der Waals surface area (Å²) in [4.78, 5) is 0. The van der Waals surface area contributed by atoms with Crippen LogP contribution >= 0.6 is 0 Å². The van der Waals surface area contributed by atoms with Crippen molar-refractivity contribution < 1.29 is 4.39 Å². The van der Waals surface area contributed by atoms with Crippen molar-refractivity contribution in [3.63, 3.8) is 0 Å². The Hall–Kier alpha value is -1.67. The van der Waals surface area contributed by atoms with E-state index in [-0.39, 0.29) is 11.7 Å². The first kappa shape index (κ1) is 13.3. The topological polar surface area (TPSA) is 26.0 Å². The van der Waals surface area contributed by atoms with Gasteiger partial charge in [-0.25, -0.2) is 4.39 Å². The summed E-state index contributed by atoms with van der Waals surface area (Å²) in [7, 11) is 0. The smallest absolute Gasteiger partial charge is 0.123 e. The SMILES string of the molecule is NCC(Cc1ccc2c(c1)CCC2)c1cccc(F)c1. The van der Waals surface area contributed by atoms with Crippen LogP contribution in [0.15, 0.2) is 42.5 Å². The zero-order valence-electron chi connectivity index (χ0n) is 11.6. The van der Waals surface area contributed by atoms with E-state index in [1.54, 1.807) is 12.1 Å². The van der Waals surface area contributed by atoms with Crippen LogP contribution in [0.2, 0.25) is 0 Å². The first-order valence-corrected chi connectivity index (χ1v) is 7.32. The van der Waals surface area contributed by atoms with Gasteiger partial charge in [-0.05, 0) is 66.6 Å². The van der Waals surface area contributed by atoms with E-state index in [9.17, 15) is 4.39 Å². The Labute approximate surface area is 119 Å². The predicted octanol–water partition coefficient (Wildman–Crippen LogP) is 3.60. The number of aryl methyl sites for hydroxylation is 2. The second-order valence-electron chi connectivity index (χ2n) is 5.65. The quantitative estimate of drug-likeness (QED) is 0.901. The zero-order chi connectivity index (χ0) is 13.9. The minimum atomic E-state index is -0.185. The summed E-state index contributed by atoms with van der Waals surface area (Å²) < 4.78 is 13.3. The van der Waals surface area contributed by atoms with E-state index in [4.69, 9.17) is 5.73 Å². The van der Waals surface area contributed by atoms with Crippen molar-refractivity contribution >= 4 is 0 Å². The lowest BCUT2D eigenvalue weighted by Gasteiger charge is -2.16. The van der Waals surface area contributed by atoms with Crippen LogP contribution in [0.3, 0.4) is 0 Å².